The smallest absolute Gasteiger partial charge is 0.191 e. The van der Waals surface area contributed by atoms with Gasteiger partial charge in [-0.1, -0.05) is 29.3 Å². The number of hydrogen-bond acceptors (Lipinski definition) is 3. The van der Waals surface area contributed by atoms with Crippen LogP contribution in [0.4, 0.5) is 0 Å². The van der Waals surface area contributed by atoms with Crippen LogP contribution in [0, 0.1) is 0 Å². The molecule has 2 N–H and O–H groups in total. The fourth-order valence-corrected chi connectivity index (χ4v) is 5.24. The van der Waals surface area contributed by atoms with Gasteiger partial charge < -0.3 is 20.1 Å². The summed E-state index contributed by atoms with van der Waals surface area (Å²) in [5.74, 6) is 0.826. The Bertz CT molecular complexity index is 706. The van der Waals surface area contributed by atoms with Crippen molar-refractivity contribution in [2.24, 2.45) is 4.99 Å². The Morgan fingerprint density at radius 2 is 2.07 bits per heavy atom. The number of halogens is 2. The first-order valence-electron chi connectivity index (χ1n) is 9.75. The summed E-state index contributed by atoms with van der Waals surface area (Å²) >= 11 is 12.7. The summed E-state index contributed by atoms with van der Waals surface area (Å²) in [6.45, 7) is 2.21. The molecule has 1 aromatic rings. The van der Waals surface area contributed by atoms with E-state index in [1.807, 2.05) is 19.2 Å². The van der Waals surface area contributed by atoms with Gasteiger partial charge in [0.05, 0.1) is 18.2 Å². The molecule has 0 spiro atoms. The molecule has 27 heavy (non-hydrogen) atoms. The number of aliphatic imine (C=N–C) groups is 1. The van der Waals surface area contributed by atoms with Crippen LogP contribution in [0.3, 0.4) is 0 Å². The summed E-state index contributed by atoms with van der Waals surface area (Å²) in [5.41, 5.74) is 1.03. The molecule has 3 fully saturated rings. The first kappa shape index (κ1) is 19.3. The standard InChI is InChI=1S/C20H27Cl2N3O2/c1-23-19(25-17-11-14-3-5-18(17)27-14)24-12-20(6-8-26-9-7-20)15-4-2-13(21)10-16(15)22/h2,4,10,14,17-18H,3,5-9,11-12H2,1H3,(H2,23,24,25). The van der Waals surface area contributed by atoms with Crippen LogP contribution in [0.1, 0.15) is 37.7 Å². The second-order valence-corrected chi connectivity index (χ2v) is 8.65. The van der Waals surface area contributed by atoms with Crippen molar-refractivity contribution in [1.82, 2.24) is 10.6 Å². The van der Waals surface area contributed by atoms with Crippen LogP contribution >= 0.6 is 23.2 Å². The average molecular weight is 412 g/mol. The quantitative estimate of drug-likeness (QED) is 0.587. The topological polar surface area (TPSA) is 54.9 Å². The van der Waals surface area contributed by atoms with Gasteiger partial charge in [-0.2, -0.15) is 0 Å². The lowest BCUT2D eigenvalue weighted by Gasteiger charge is -2.39. The third-order valence-electron chi connectivity index (χ3n) is 6.20. The van der Waals surface area contributed by atoms with Crippen LogP contribution < -0.4 is 10.6 Å². The normalized spacial score (nSPS) is 29.7. The summed E-state index contributed by atoms with van der Waals surface area (Å²) in [7, 11) is 1.81. The molecule has 4 rings (SSSR count). The molecule has 3 aliphatic rings. The van der Waals surface area contributed by atoms with Crippen molar-refractivity contribution in [3.05, 3.63) is 33.8 Å². The lowest BCUT2D eigenvalue weighted by atomic mass is 9.74. The van der Waals surface area contributed by atoms with Gasteiger partial charge in [0.1, 0.15) is 0 Å². The van der Waals surface area contributed by atoms with E-state index < -0.39 is 0 Å². The first-order valence-corrected chi connectivity index (χ1v) is 10.5. The molecule has 1 aromatic carbocycles. The van der Waals surface area contributed by atoms with Gasteiger partial charge in [0, 0.05) is 42.3 Å². The fourth-order valence-electron chi connectivity index (χ4n) is 4.64. The van der Waals surface area contributed by atoms with E-state index in [1.54, 1.807) is 0 Å². The SMILES string of the molecule is CN=C(NCC1(c2ccc(Cl)cc2Cl)CCOCC1)NC1CC2CCC1O2. The minimum Gasteiger partial charge on any atom is -0.381 e. The second-order valence-electron chi connectivity index (χ2n) is 7.80. The van der Waals surface area contributed by atoms with Crippen LogP contribution in [-0.2, 0) is 14.9 Å². The molecule has 3 heterocycles. The van der Waals surface area contributed by atoms with E-state index in [0.717, 1.165) is 62.0 Å². The van der Waals surface area contributed by atoms with Crippen molar-refractivity contribution in [3.63, 3.8) is 0 Å². The zero-order chi connectivity index (χ0) is 18.9. The number of guanidine groups is 1. The van der Waals surface area contributed by atoms with Crippen LogP contribution in [0.15, 0.2) is 23.2 Å². The molecular weight excluding hydrogens is 385 g/mol. The van der Waals surface area contributed by atoms with E-state index in [-0.39, 0.29) is 5.41 Å². The van der Waals surface area contributed by atoms with Crippen molar-refractivity contribution >= 4 is 29.2 Å². The largest absolute Gasteiger partial charge is 0.381 e. The molecule has 3 unspecified atom stereocenters. The van der Waals surface area contributed by atoms with Gasteiger partial charge in [-0.3, -0.25) is 4.99 Å². The van der Waals surface area contributed by atoms with Gasteiger partial charge in [-0.05, 0) is 49.8 Å². The Morgan fingerprint density at radius 1 is 1.26 bits per heavy atom. The lowest BCUT2D eigenvalue weighted by Crippen LogP contribution is -2.52. The highest BCUT2D eigenvalue weighted by Gasteiger charge is 2.41. The molecule has 3 atom stereocenters. The van der Waals surface area contributed by atoms with E-state index in [9.17, 15) is 0 Å². The van der Waals surface area contributed by atoms with Gasteiger partial charge in [-0.25, -0.2) is 0 Å². The Morgan fingerprint density at radius 3 is 2.70 bits per heavy atom. The molecule has 0 saturated carbocycles. The molecule has 5 nitrogen and oxygen atoms in total. The number of nitrogens with zero attached hydrogens (tertiary/aromatic N) is 1. The van der Waals surface area contributed by atoms with Crippen molar-refractivity contribution in [1.29, 1.82) is 0 Å². The second kappa shape index (κ2) is 8.16. The molecule has 0 aliphatic carbocycles. The first-order chi connectivity index (χ1) is 13.1. The predicted octanol–water partition coefficient (Wildman–Crippen LogP) is 3.53. The number of fused-ring (bicyclic) bond motifs is 2. The number of nitrogens with one attached hydrogen (secondary N) is 2. The summed E-state index contributed by atoms with van der Waals surface area (Å²) in [6.07, 6.45) is 5.95. The third kappa shape index (κ3) is 4.07. The highest BCUT2D eigenvalue weighted by atomic mass is 35.5. The number of benzene rings is 1. The molecule has 2 bridgehead atoms. The number of ether oxygens (including phenoxy) is 2. The Kier molecular flexibility index (Phi) is 5.83. The Labute approximate surface area is 170 Å². The van der Waals surface area contributed by atoms with Gasteiger partial charge in [0.15, 0.2) is 5.96 Å². The summed E-state index contributed by atoms with van der Waals surface area (Å²) in [4.78, 5) is 4.43. The Balaban J connectivity index is 1.46. The van der Waals surface area contributed by atoms with Crippen molar-refractivity contribution in [3.8, 4) is 0 Å². The molecule has 148 valence electrons. The van der Waals surface area contributed by atoms with E-state index in [0.29, 0.717) is 23.3 Å². The average Bonchev–Trinajstić information content (AvgIpc) is 3.29. The highest BCUT2D eigenvalue weighted by molar-refractivity contribution is 6.35. The maximum atomic E-state index is 6.57. The maximum Gasteiger partial charge on any atom is 0.191 e. The monoisotopic (exact) mass is 411 g/mol. The van der Waals surface area contributed by atoms with Crippen molar-refractivity contribution in [2.75, 3.05) is 26.8 Å². The van der Waals surface area contributed by atoms with Gasteiger partial charge in [0.2, 0.25) is 0 Å². The van der Waals surface area contributed by atoms with E-state index >= 15 is 0 Å². The van der Waals surface area contributed by atoms with Gasteiger partial charge in [0.25, 0.3) is 0 Å². The minimum absolute atomic E-state index is 0.0945. The zero-order valence-electron chi connectivity index (χ0n) is 15.6. The third-order valence-corrected chi connectivity index (χ3v) is 6.75. The molecule has 3 aliphatic heterocycles. The minimum atomic E-state index is -0.0945. The molecule has 3 saturated heterocycles. The fraction of sp³-hybridized carbons (Fsp3) is 0.650. The highest BCUT2D eigenvalue weighted by Crippen LogP contribution is 2.39. The van der Waals surface area contributed by atoms with Crippen LogP contribution in [0.25, 0.3) is 0 Å². The Hall–Kier alpha value is -1.01. The summed E-state index contributed by atoms with van der Waals surface area (Å²) in [6, 6.07) is 6.15. The molecule has 0 amide bonds. The van der Waals surface area contributed by atoms with Gasteiger partial charge >= 0.3 is 0 Å². The van der Waals surface area contributed by atoms with E-state index in [4.69, 9.17) is 32.7 Å². The van der Waals surface area contributed by atoms with Gasteiger partial charge in [-0.15, -0.1) is 0 Å². The van der Waals surface area contributed by atoms with Crippen LogP contribution in [0.2, 0.25) is 10.0 Å². The molecular formula is C20H27Cl2N3O2. The van der Waals surface area contributed by atoms with Crippen LogP contribution in [-0.4, -0.2) is 51.0 Å². The number of hydrogen-bond donors (Lipinski definition) is 2. The molecule has 0 aromatic heterocycles. The maximum absolute atomic E-state index is 6.57. The molecule has 7 heteroatoms. The van der Waals surface area contributed by atoms with E-state index in [1.165, 1.54) is 6.42 Å². The summed E-state index contributed by atoms with van der Waals surface area (Å²) in [5, 5.41) is 8.48. The molecule has 0 radical (unpaired) electrons. The van der Waals surface area contributed by atoms with Crippen molar-refractivity contribution in [2.45, 2.75) is 55.8 Å². The van der Waals surface area contributed by atoms with E-state index in [2.05, 4.69) is 21.7 Å². The number of rotatable bonds is 4. The lowest BCUT2D eigenvalue weighted by molar-refractivity contribution is 0.0514. The van der Waals surface area contributed by atoms with Crippen LogP contribution in [0.5, 0.6) is 0 Å². The predicted molar refractivity (Wildman–Crippen MR) is 109 cm³/mol. The van der Waals surface area contributed by atoms with Crippen molar-refractivity contribution < 1.29 is 9.47 Å². The summed E-state index contributed by atoms with van der Waals surface area (Å²) < 4.78 is 11.6. The zero-order valence-corrected chi connectivity index (χ0v) is 17.2.